The molecule has 0 unspecified atom stereocenters. The Labute approximate surface area is 192 Å². The Kier molecular flexibility index (Phi) is 8.61. The van der Waals surface area contributed by atoms with Gasteiger partial charge in [0.2, 0.25) is 0 Å². The van der Waals surface area contributed by atoms with Gasteiger partial charge in [-0.1, -0.05) is 34.8 Å². The SMILES string of the molecule is O=C(OCCCN1CCOCC1)c1ccc(NSc2c(Cl)sc(Cl)c2Cl)cc1O. The molecule has 1 aliphatic rings. The van der Waals surface area contributed by atoms with Crippen LogP contribution in [0.1, 0.15) is 16.8 Å². The van der Waals surface area contributed by atoms with Crippen molar-refractivity contribution in [2.75, 3.05) is 44.2 Å². The van der Waals surface area contributed by atoms with E-state index in [1.54, 1.807) is 6.07 Å². The fourth-order valence-electron chi connectivity index (χ4n) is 2.66. The summed E-state index contributed by atoms with van der Waals surface area (Å²) < 4.78 is 14.5. The Morgan fingerprint density at radius 3 is 2.69 bits per heavy atom. The Bertz CT molecular complexity index is 860. The van der Waals surface area contributed by atoms with Crippen molar-refractivity contribution < 1.29 is 19.4 Å². The highest BCUT2D eigenvalue weighted by Crippen LogP contribution is 2.45. The molecule has 0 saturated carbocycles. The van der Waals surface area contributed by atoms with Crippen LogP contribution in [0.4, 0.5) is 5.69 Å². The molecule has 3 rings (SSSR count). The number of aromatic hydroxyl groups is 1. The number of nitrogens with zero attached hydrogens (tertiary/aromatic N) is 1. The van der Waals surface area contributed by atoms with Crippen LogP contribution in [-0.2, 0) is 9.47 Å². The number of halogens is 3. The van der Waals surface area contributed by atoms with Gasteiger partial charge in [0.05, 0.1) is 29.7 Å². The van der Waals surface area contributed by atoms with E-state index < -0.39 is 5.97 Å². The van der Waals surface area contributed by atoms with Crippen molar-refractivity contribution in [2.24, 2.45) is 0 Å². The summed E-state index contributed by atoms with van der Waals surface area (Å²) in [6.07, 6.45) is 0.730. The first-order chi connectivity index (χ1) is 14.0. The number of ether oxygens (including phenoxy) is 2. The highest BCUT2D eigenvalue weighted by molar-refractivity contribution is 8.01. The van der Waals surface area contributed by atoms with Gasteiger partial charge < -0.3 is 19.3 Å². The quantitative estimate of drug-likeness (QED) is 0.287. The number of hydrogen-bond acceptors (Lipinski definition) is 8. The third-order valence-corrected chi connectivity index (χ3v) is 7.67. The maximum atomic E-state index is 12.2. The average molecular weight is 498 g/mol. The first-order valence-corrected chi connectivity index (χ1v) is 11.6. The number of morpholine rings is 1. The summed E-state index contributed by atoms with van der Waals surface area (Å²) in [6, 6.07) is 4.60. The molecule has 0 spiro atoms. The van der Waals surface area contributed by atoms with E-state index in [4.69, 9.17) is 44.3 Å². The number of carbonyl (C=O) groups is 1. The van der Waals surface area contributed by atoms with E-state index in [1.807, 2.05) is 0 Å². The van der Waals surface area contributed by atoms with Crippen molar-refractivity contribution in [1.82, 2.24) is 4.90 Å². The van der Waals surface area contributed by atoms with Gasteiger partial charge in [0, 0.05) is 31.4 Å². The molecule has 1 saturated heterocycles. The Morgan fingerprint density at radius 2 is 2.03 bits per heavy atom. The first-order valence-electron chi connectivity index (χ1n) is 8.82. The van der Waals surface area contributed by atoms with Crippen molar-refractivity contribution in [1.29, 1.82) is 0 Å². The smallest absolute Gasteiger partial charge is 0.341 e. The molecule has 1 fully saturated rings. The number of benzene rings is 1. The minimum absolute atomic E-state index is 0.113. The van der Waals surface area contributed by atoms with Gasteiger partial charge in [-0.2, -0.15) is 0 Å². The lowest BCUT2D eigenvalue weighted by Crippen LogP contribution is -2.37. The topological polar surface area (TPSA) is 71.0 Å². The zero-order chi connectivity index (χ0) is 20.8. The molecule has 11 heteroatoms. The standard InChI is InChI=1S/C18H19Cl3N2O4S2/c19-14-15(17(21)28-16(14)20)29-22-11-2-3-12(13(24)10-11)18(25)27-7-1-4-23-5-8-26-9-6-23/h2-3,10,22,24H,1,4-9H2. The number of hydrogen-bond donors (Lipinski definition) is 2. The van der Waals surface area contributed by atoms with Crippen LogP contribution in [0, 0.1) is 0 Å². The van der Waals surface area contributed by atoms with E-state index in [2.05, 4.69) is 9.62 Å². The van der Waals surface area contributed by atoms with Gasteiger partial charge in [-0.25, -0.2) is 4.79 Å². The van der Waals surface area contributed by atoms with E-state index in [9.17, 15) is 9.90 Å². The molecule has 2 aromatic rings. The second-order valence-corrected chi connectivity index (χ2v) is 9.59. The highest BCUT2D eigenvalue weighted by atomic mass is 35.5. The maximum absolute atomic E-state index is 12.2. The molecule has 1 aromatic carbocycles. The molecule has 0 radical (unpaired) electrons. The normalized spacial score (nSPS) is 14.7. The maximum Gasteiger partial charge on any atom is 0.341 e. The van der Waals surface area contributed by atoms with E-state index in [0.717, 1.165) is 39.3 Å². The Morgan fingerprint density at radius 1 is 1.28 bits per heavy atom. The van der Waals surface area contributed by atoms with E-state index in [0.29, 0.717) is 30.9 Å². The van der Waals surface area contributed by atoms with Crippen LogP contribution in [0.3, 0.4) is 0 Å². The lowest BCUT2D eigenvalue weighted by molar-refractivity contribution is 0.0297. The Hall–Kier alpha value is -0.870. The van der Waals surface area contributed by atoms with Crippen LogP contribution >= 0.6 is 58.1 Å². The number of phenols is 1. The third kappa shape index (κ3) is 6.30. The molecule has 0 atom stereocenters. The fourth-order valence-corrected chi connectivity index (χ4v) is 5.51. The number of carbonyl (C=O) groups excluding carboxylic acids is 1. The molecular weight excluding hydrogens is 479 g/mol. The van der Waals surface area contributed by atoms with Crippen LogP contribution in [-0.4, -0.2) is 55.4 Å². The first kappa shape index (κ1) is 22.8. The summed E-state index contributed by atoms with van der Waals surface area (Å²) in [7, 11) is 0. The highest BCUT2D eigenvalue weighted by Gasteiger charge is 2.17. The van der Waals surface area contributed by atoms with Gasteiger partial charge in [0.15, 0.2) is 0 Å². The molecule has 1 aliphatic heterocycles. The van der Waals surface area contributed by atoms with Crippen LogP contribution in [0.2, 0.25) is 13.7 Å². The molecule has 2 heterocycles. The second-order valence-electron chi connectivity index (χ2n) is 6.17. The predicted molar refractivity (Wildman–Crippen MR) is 119 cm³/mol. The molecule has 1 aromatic heterocycles. The number of anilines is 1. The van der Waals surface area contributed by atoms with Crippen LogP contribution in [0.15, 0.2) is 23.1 Å². The second kappa shape index (κ2) is 10.9. The molecule has 0 amide bonds. The summed E-state index contributed by atoms with van der Waals surface area (Å²) in [4.78, 5) is 15.1. The number of nitrogens with one attached hydrogen (secondary N) is 1. The Balaban J connectivity index is 1.48. The van der Waals surface area contributed by atoms with Crippen LogP contribution in [0.25, 0.3) is 0 Å². The van der Waals surface area contributed by atoms with Crippen molar-refractivity contribution >= 4 is 69.7 Å². The van der Waals surface area contributed by atoms with Crippen molar-refractivity contribution in [3.8, 4) is 5.75 Å². The molecule has 2 N–H and O–H groups in total. The van der Waals surface area contributed by atoms with E-state index in [1.165, 1.54) is 35.4 Å². The monoisotopic (exact) mass is 496 g/mol. The van der Waals surface area contributed by atoms with Gasteiger partial charge in [-0.05, 0) is 30.5 Å². The minimum Gasteiger partial charge on any atom is -0.507 e. The average Bonchev–Trinajstić information content (AvgIpc) is 2.95. The van der Waals surface area contributed by atoms with Gasteiger partial charge in [-0.3, -0.25) is 4.90 Å². The number of rotatable bonds is 8. The molecule has 0 aliphatic carbocycles. The van der Waals surface area contributed by atoms with Crippen LogP contribution < -0.4 is 4.72 Å². The fraction of sp³-hybridized carbons (Fsp3) is 0.389. The number of thiophene rings is 1. The van der Waals surface area contributed by atoms with Crippen molar-refractivity contribution in [3.63, 3.8) is 0 Å². The summed E-state index contributed by atoms with van der Waals surface area (Å²) >= 11 is 20.5. The van der Waals surface area contributed by atoms with E-state index in [-0.39, 0.29) is 11.3 Å². The molecule has 158 valence electrons. The molecule has 0 bridgehead atoms. The van der Waals surface area contributed by atoms with Gasteiger partial charge >= 0.3 is 5.97 Å². The predicted octanol–water partition coefficient (Wildman–Crippen LogP) is 5.41. The summed E-state index contributed by atoms with van der Waals surface area (Å²) in [5, 5.41) is 10.6. The molecular formula is C18H19Cl3N2O4S2. The summed E-state index contributed by atoms with van der Waals surface area (Å²) in [5.74, 6) is -0.728. The third-order valence-electron chi connectivity index (χ3n) is 4.17. The van der Waals surface area contributed by atoms with Crippen molar-refractivity contribution in [2.45, 2.75) is 11.3 Å². The number of phenolic OH excluding ortho intramolecular Hbond substituents is 1. The van der Waals surface area contributed by atoms with Gasteiger partial charge in [-0.15, -0.1) is 11.3 Å². The van der Waals surface area contributed by atoms with E-state index >= 15 is 0 Å². The zero-order valence-corrected chi connectivity index (χ0v) is 19.2. The molecule has 29 heavy (non-hydrogen) atoms. The molecule has 6 nitrogen and oxygen atoms in total. The van der Waals surface area contributed by atoms with Crippen LogP contribution in [0.5, 0.6) is 5.75 Å². The lowest BCUT2D eigenvalue weighted by atomic mass is 10.2. The summed E-state index contributed by atoms with van der Waals surface area (Å²) in [5.41, 5.74) is 0.687. The van der Waals surface area contributed by atoms with Gasteiger partial charge in [0.1, 0.15) is 20.0 Å². The zero-order valence-electron chi connectivity index (χ0n) is 15.3. The van der Waals surface area contributed by atoms with Crippen molar-refractivity contribution in [3.05, 3.63) is 37.5 Å². The van der Waals surface area contributed by atoms with Gasteiger partial charge in [0.25, 0.3) is 0 Å². The number of esters is 1. The summed E-state index contributed by atoms with van der Waals surface area (Å²) in [6.45, 7) is 4.42. The largest absolute Gasteiger partial charge is 0.507 e. The lowest BCUT2D eigenvalue weighted by Gasteiger charge is -2.26. The minimum atomic E-state index is -0.556.